The number of aromatic nitrogens is 2. The summed E-state index contributed by atoms with van der Waals surface area (Å²) in [5.41, 5.74) is 3.99. The van der Waals surface area contributed by atoms with E-state index in [-0.39, 0.29) is 18.0 Å². The van der Waals surface area contributed by atoms with Crippen LogP contribution >= 0.6 is 11.6 Å². The second-order valence-electron chi connectivity index (χ2n) is 6.90. The fraction of sp³-hybridized carbons (Fsp3) is 0.227. The molecule has 0 saturated heterocycles. The van der Waals surface area contributed by atoms with Gasteiger partial charge in [0, 0.05) is 21.8 Å². The molecule has 1 N–H and O–H groups in total. The molecule has 2 aromatic carbocycles. The quantitative estimate of drug-likeness (QED) is 0.726. The van der Waals surface area contributed by atoms with Gasteiger partial charge in [-0.2, -0.15) is 5.10 Å². The van der Waals surface area contributed by atoms with E-state index in [1.54, 1.807) is 24.3 Å². The largest absolute Gasteiger partial charge is 0.324 e. The van der Waals surface area contributed by atoms with Gasteiger partial charge < -0.3 is 5.32 Å². The Morgan fingerprint density at radius 2 is 1.79 bits per heavy atom. The average Bonchev–Trinajstić information content (AvgIpc) is 2.71. The zero-order valence-electron chi connectivity index (χ0n) is 15.3. The number of fused-ring (bicyclic) bond motifs is 1. The van der Waals surface area contributed by atoms with Crippen molar-refractivity contribution in [3.63, 3.8) is 0 Å². The number of benzene rings is 2. The standard InChI is InChI=1S/C22H20ClN3O2/c23-16-9-6-10-17(13-16)24-20(27)14-26-22(28)19-12-5-4-11-18(19)21(25-26)15-7-2-1-3-8-15/h1-3,6-10,13H,4-5,11-12,14H2,(H,24,27). The van der Waals surface area contributed by atoms with Crippen LogP contribution in [0.2, 0.25) is 5.02 Å². The van der Waals surface area contributed by atoms with Gasteiger partial charge in [-0.25, -0.2) is 4.68 Å². The zero-order valence-corrected chi connectivity index (χ0v) is 16.1. The Hall–Kier alpha value is -2.92. The average molecular weight is 394 g/mol. The molecule has 1 amide bonds. The molecular formula is C22H20ClN3O2. The zero-order chi connectivity index (χ0) is 19.5. The molecule has 1 heterocycles. The van der Waals surface area contributed by atoms with Gasteiger partial charge in [-0.1, -0.05) is 48.0 Å². The highest BCUT2D eigenvalue weighted by Crippen LogP contribution is 2.27. The highest BCUT2D eigenvalue weighted by Gasteiger charge is 2.22. The second kappa shape index (κ2) is 7.98. The number of amides is 1. The molecule has 0 atom stereocenters. The summed E-state index contributed by atoms with van der Waals surface area (Å²) < 4.78 is 1.28. The van der Waals surface area contributed by atoms with Crippen LogP contribution in [0.25, 0.3) is 11.3 Å². The SMILES string of the molecule is O=C(Cn1nc(-c2ccccc2)c2c(c1=O)CCCC2)Nc1cccc(Cl)c1. The molecule has 0 radical (unpaired) electrons. The Bertz CT molecular complexity index is 1080. The number of carbonyl (C=O) groups excluding carboxylic acids is 1. The number of carbonyl (C=O) groups is 1. The van der Waals surface area contributed by atoms with Crippen molar-refractivity contribution in [3.8, 4) is 11.3 Å². The van der Waals surface area contributed by atoms with Gasteiger partial charge in [-0.05, 0) is 49.4 Å². The molecule has 0 fully saturated rings. The molecule has 1 aliphatic rings. The highest BCUT2D eigenvalue weighted by atomic mass is 35.5. The third kappa shape index (κ3) is 3.85. The van der Waals surface area contributed by atoms with E-state index in [1.807, 2.05) is 30.3 Å². The number of rotatable bonds is 4. The van der Waals surface area contributed by atoms with E-state index < -0.39 is 0 Å². The minimum Gasteiger partial charge on any atom is -0.324 e. The molecule has 1 aromatic heterocycles. The first-order valence-corrected chi connectivity index (χ1v) is 9.73. The van der Waals surface area contributed by atoms with Crippen molar-refractivity contribution in [1.29, 1.82) is 0 Å². The molecule has 6 heteroatoms. The lowest BCUT2D eigenvalue weighted by atomic mass is 9.90. The molecule has 0 unspecified atom stereocenters. The summed E-state index contributed by atoms with van der Waals surface area (Å²) in [7, 11) is 0. The highest BCUT2D eigenvalue weighted by molar-refractivity contribution is 6.30. The Morgan fingerprint density at radius 1 is 1.04 bits per heavy atom. The fourth-order valence-electron chi connectivity index (χ4n) is 3.62. The molecule has 1 aliphatic carbocycles. The number of hydrogen-bond acceptors (Lipinski definition) is 3. The predicted octanol–water partition coefficient (Wildman–Crippen LogP) is 4.08. The molecular weight excluding hydrogens is 374 g/mol. The first kappa shape index (κ1) is 18.4. The van der Waals surface area contributed by atoms with Gasteiger partial charge >= 0.3 is 0 Å². The third-order valence-electron chi connectivity index (χ3n) is 4.92. The summed E-state index contributed by atoms with van der Waals surface area (Å²) >= 11 is 5.96. The van der Waals surface area contributed by atoms with E-state index in [0.29, 0.717) is 10.7 Å². The van der Waals surface area contributed by atoms with Crippen LogP contribution in [0.15, 0.2) is 59.4 Å². The maximum absolute atomic E-state index is 12.9. The van der Waals surface area contributed by atoms with Crippen molar-refractivity contribution in [1.82, 2.24) is 9.78 Å². The lowest BCUT2D eigenvalue weighted by molar-refractivity contribution is -0.117. The Kier molecular flexibility index (Phi) is 5.26. The predicted molar refractivity (Wildman–Crippen MR) is 111 cm³/mol. The Labute approximate surface area is 168 Å². The van der Waals surface area contributed by atoms with E-state index in [9.17, 15) is 9.59 Å². The van der Waals surface area contributed by atoms with Crippen molar-refractivity contribution in [2.75, 3.05) is 5.32 Å². The van der Waals surface area contributed by atoms with Gasteiger partial charge in [-0.3, -0.25) is 9.59 Å². The topological polar surface area (TPSA) is 64.0 Å². The van der Waals surface area contributed by atoms with E-state index in [2.05, 4.69) is 10.4 Å². The van der Waals surface area contributed by atoms with Crippen LogP contribution in [0, 0.1) is 0 Å². The summed E-state index contributed by atoms with van der Waals surface area (Å²) in [6, 6.07) is 16.7. The normalized spacial score (nSPS) is 13.0. The second-order valence-corrected chi connectivity index (χ2v) is 7.34. The van der Waals surface area contributed by atoms with E-state index in [4.69, 9.17) is 11.6 Å². The summed E-state index contributed by atoms with van der Waals surface area (Å²) in [5, 5.41) is 7.88. The molecule has 3 aromatic rings. The number of nitrogens with one attached hydrogen (secondary N) is 1. The molecule has 0 saturated carbocycles. The molecule has 142 valence electrons. The van der Waals surface area contributed by atoms with Gasteiger partial charge in [0.05, 0.1) is 5.69 Å². The third-order valence-corrected chi connectivity index (χ3v) is 5.15. The van der Waals surface area contributed by atoms with Crippen LogP contribution < -0.4 is 10.9 Å². The van der Waals surface area contributed by atoms with Gasteiger partial charge in [0.2, 0.25) is 5.91 Å². The van der Waals surface area contributed by atoms with E-state index in [1.165, 1.54) is 4.68 Å². The van der Waals surface area contributed by atoms with Crippen molar-refractivity contribution in [2.24, 2.45) is 0 Å². The van der Waals surface area contributed by atoms with Gasteiger partial charge in [0.1, 0.15) is 6.54 Å². The van der Waals surface area contributed by atoms with Crippen molar-refractivity contribution in [3.05, 3.63) is 81.1 Å². The Morgan fingerprint density at radius 3 is 2.54 bits per heavy atom. The lowest BCUT2D eigenvalue weighted by Gasteiger charge is -2.20. The van der Waals surface area contributed by atoms with Crippen LogP contribution in [-0.4, -0.2) is 15.7 Å². The van der Waals surface area contributed by atoms with Crippen LogP contribution in [0.4, 0.5) is 5.69 Å². The Balaban J connectivity index is 1.69. The van der Waals surface area contributed by atoms with Crippen LogP contribution in [0.3, 0.4) is 0 Å². The number of hydrogen-bond donors (Lipinski definition) is 1. The first-order chi connectivity index (χ1) is 13.6. The van der Waals surface area contributed by atoms with Crippen LogP contribution in [-0.2, 0) is 24.2 Å². The molecule has 28 heavy (non-hydrogen) atoms. The number of anilines is 1. The van der Waals surface area contributed by atoms with Crippen molar-refractivity contribution < 1.29 is 4.79 Å². The van der Waals surface area contributed by atoms with Crippen molar-refractivity contribution >= 4 is 23.2 Å². The summed E-state index contributed by atoms with van der Waals surface area (Å²) in [5.74, 6) is -0.313. The van der Waals surface area contributed by atoms with Gasteiger partial charge in [0.15, 0.2) is 0 Å². The monoisotopic (exact) mass is 393 g/mol. The van der Waals surface area contributed by atoms with E-state index in [0.717, 1.165) is 48.1 Å². The summed E-state index contributed by atoms with van der Waals surface area (Å²) in [4.78, 5) is 25.4. The van der Waals surface area contributed by atoms with Crippen LogP contribution in [0.1, 0.15) is 24.0 Å². The smallest absolute Gasteiger partial charge is 0.270 e. The maximum Gasteiger partial charge on any atom is 0.270 e. The summed E-state index contributed by atoms with van der Waals surface area (Å²) in [6.45, 7) is -0.140. The maximum atomic E-state index is 12.9. The minimum atomic E-state index is -0.313. The van der Waals surface area contributed by atoms with E-state index >= 15 is 0 Å². The van der Waals surface area contributed by atoms with Crippen LogP contribution in [0.5, 0.6) is 0 Å². The molecule has 4 rings (SSSR count). The van der Waals surface area contributed by atoms with Crippen molar-refractivity contribution in [2.45, 2.75) is 32.2 Å². The van der Waals surface area contributed by atoms with Gasteiger partial charge in [0.25, 0.3) is 5.56 Å². The van der Waals surface area contributed by atoms with Gasteiger partial charge in [-0.15, -0.1) is 0 Å². The molecule has 0 aliphatic heterocycles. The first-order valence-electron chi connectivity index (χ1n) is 9.35. The molecule has 0 spiro atoms. The fourth-order valence-corrected chi connectivity index (χ4v) is 3.81. The number of nitrogens with zero attached hydrogens (tertiary/aromatic N) is 2. The minimum absolute atomic E-state index is 0.140. The molecule has 0 bridgehead atoms. The summed E-state index contributed by atoms with van der Waals surface area (Å²) in [6.07, 6.45) is 3.60. The lowest BCUT2D eigenvalue weighted by Crippen LogP contribution is -2.34. The number of halogens is 1. The molecule has 5 nitrogen and oxygen atoms in total.